The standard InChI is InChI=1S/C61H39N3OS/c1-36-26-27-50(37-14-3-2-4-15-37)62-61(46-24-13-23-45-44-22-11-12-25-54(44)65-60(45)46)63-59(36)58-51(28-29-55-57(58)49-32-40-18-7-10-21-43(40)35-56(49)66-55)64-52-33-41-19-8-5-16-38(41)30-47(52)48-31-39-17-6-9-20-42(39)34-53(48)64/h2-25,27-36H,26H2,1H3. The van der Waals surface area contributed by atoms with Crippen LogP contribution in [0.2, 0.25) is 0 Å². The molecule has 4 heterocycles. The monoisotopic (exact) mass is 861 g/mol. The molecule has 10 aromatic carbocycles. The normalized spacial score (nSPS) is 14.8. The predicted molar refractivity (Wildman–Crippen MR) is 281 cm³/mol. The van der Waals surface area contributed by atoms with Crippen LogP contribution in [0.15, 0.2) is 215 Å². The third-order valence-electron chi connectivity index (χ3n) is 13.8. The zero-order valence-corrected chi connectivity index (χ0v) is 36.8. The Morgan fingerprint density at radius 3 is 1.80 bits per heavy atom. The van der Waals surface area contributed by atoms with Crippen LogP contribution >= 0.6 is 11.3 Å². The van der Waals surface area contributed by atoms with Crippen molar-refractivity contribution in [2.75, 3.05) is 0 Å². The molecule has 310 valence electrons. The molecule has 0 aliphatic carbocycles. The summed E-state index contributed by atoms with van der Waals surface area (Å²) in [6, 6.07) is 70.3. The summed E-state index contributed by atoms with van der Waals surface area (Å²) in [6.45, 7) is 2.34. The second-order valence-electron chi connectivity index (χ2n) is 17.7. The number of benzene rings is 10. The topological polar surface area (TPSA) is 42.8 Å². The number of furan rings is 1. The second kappa shape index (κ2) is 14.4. The number of fused-ring (bicyclic) bond motifs is 12. The zero-order chi connectivity index (χ0) is 43.5. The summed E-state index contributed by atoms with van der Waals surface area (Å²) in [7, 11) is 0. The highest BCUT2D eigenvalue weighted by atomic mass is 32.1. The largest absolute Gasteiger partial charge is 0.455 e. The van der Waals surface area contributed by atoms with Crippen LogP contribution in [0.25, 0.3) is 108 Å². The molecule has 1 aliphatic heterocycles. The number of aliphatic imine (C=N–C) groups is 2. The van der Waals surface area contributed by atoms with Crippen molar-refractivity contribution >= 4 is 125 Å². The van der Waals surface area contributed by atoms with E-state index in [2.05, 4.69) is 200 Å². The zero-order valence-electron chi connectivity index (χ0n) is 36.0. The van der Waals surface area contributed by atoms with Crippen molar-refractivity contribution in [1.82, 2.24) is 4.57 Å². The Labute approximate surface area is 383 Å². The summed E-state index contributed by atoms with van der Waals surface area (Å²) in [6.07, 6.45) is 3.06. The van der Waals surface area contributed by atoms with E-state index in [-0.39, 0.29) is 5.92 Å². The molecule has 0 radical (unpaired) electrons. The van der Waals surface area contributed by atoms with Crippen LogP contribution in [-0.4, -0.2) is 16.1 Å². The Bertz CT molecular complexity index is 4180. The lowest BCUT2D eigenvalue weighted by Crippen LogP contribution is -2.19. The van der Waals surface area contributed by atoms with Crippen molar-refractivity contribution in [2.45, 2.75) is 13.3 Å². The van der Waals surface area contributed by atoms with Crippen molar-refractivity contribution in [2.24, 2.45) is 15.9 Å². The molecule has 0 saturated heterocycles. The van der Waals surface area contributed by atoms with Crippen LogP contribution in [0.5, 0.6) is 0 Å². The van der Waals surface area contributed by atoms with Crippen LogP contribution in [0.3, 0.4) is 0 Å². The summed E-state index contributed by atoms with van der Waals surface area (Å²) in [5, 5.41) is 14.3. The molecule has 14 rings (SSSR count). The van der Waals surface area contributed by atoms with Gasteiger partial charge in [0, 0.05) is 53.2 Å². The quantitative estimate of drug-likeness (QED) is 0.174. The van der Waals surface area contributed by atoms with Gasteiger partial charge in [0.25, 0.3) is 0 Å². The summed E-state index contributed by atoms with van der Waals surface area (Å²) in [4.78, 5) is 11.5. The molecule has 0 bridgehead atoms. The highest BCUT2D eigenvalue weighted by Gasteiger charge is 2.28. The minimum Gasteiger partial charge on any atom is -0.455 e. The number of thiophene rings is 1. The van der Waals surface area contributed by atoms with Gasteiger partial charge in [0.2, 0.25) is 0 Å². The lowest BCUT2D eigenvalue weighted by atomic mass is 9.89. The summed E-state index contributed by atoms with van der Waals surface area (Å²) in [5.74, 6) is 0.627. The van der Waals surface area contributed by atoms with Gasteiger partial charge in [-0.25, -0.2) is 9.98 Å². The van der Waals surface area contributed by atoms with Crippen LogP contribution in [0.1, 0.15) is 30.0 Å². The molecule has 13 aromatic rings. The molecular formula is C61H39N3OS. The van der Waals surface area contributed by atoms with Crippen LogP contribution < -0.4 is 0 Å². The van der Waals surface area contributed by atoms with Gasteiger partial charge in [0.15, 0.2) is 5.84 Å². The van der Waals surface area contributed by atoms with Gasteiger partial charge in [0.05, 0.1) is 33.7 Å². The molecule has 0 saturated carbocycles. The maximum Gasteiger partial charge on any atom is 0.163 e. The molecule has 0 fully saturated rings. The third-order valence-corrected chi connectivity index (χ3v) is 14.9. The van der Waals surface area contributed by atoms with E-state index in [1.54, 1.807) is 0 Å². The molecule has 1 aliphatic rings. The molecule has 0 N–H and O–H groups in total. The molecular weight excluding hydrogens is 823 g/mol. The van der Waals surface area contributed by atoms with Crippen molar-refractivity contribution < 1.29 is 4.42 Å². The van der Waals surface area contributed by atoms with Crippen molar-refractivity contribution in [3.05, 3.63) is 217 Å². The average Bonchev–Trinajstić information content (AvgIpc) is 4.02. The number of para-hydroxylation sites is 2. The summed E-state index contributed by atoms with van der Waals surface area (Å²) in [5.41, 5.74) is 10.00. The van der Waals surface area contributed by atoms with E-state index < -0.39 is 0 Å². The van der Waals surface area contributed by atoms with Gasteiger partial charge >= 0.3 is 0 Å². The van der Waals surface area contributed by atoms with Crippen LogP contribution in [0.4, 0.5) is 0 Å². The fraction of sp³-hybridized carbons (Fsp3) is 0.0492. The Hall–Kier alpha value is -8.12. The van der Waals surface area contributed by atoms with Crippen molar-refractivity contribution in [3.8, 4) is 5.69 Å². The van der Waals surface area contributed by atoms with Crippen LogP contribution in [0, 0.1) is 5.92 Å². The van der Waals surface area contributed by atoms with Gasteiger partial charge in [-0.1, -0.05) is 146 Å². The van der Waals surface area contributed by atoms with E-state index in [9.17, 15) is 0 Å². The highest BCUT2D eigenvalue weighted by molar-refractivity contribution is 7.26. The average molecular weight is 862 g/mol. The maximum atomic E-state index is 6.75. The number of nitrogens with zero attached hydrogens (tertiary/aromatic N) is 3. The van der Waals surface area contributed by atoms with Crippen LogP contribution in [-0.2, 0) is 0 Å². The third kappa shape index (κ3) is 5.70. The Balaban J connectivity index is 1.14. The molecule has 4 nitrogen and oxygen atoms in total. The van der Waals surface area contributed by atoms with Crippen molar-refractivity contribution in [1.29, 1.82) is 0 Å². The Morgan fingerprint density at radius 1 is 0.515 bits per heavy atom. The number of amidine groups is 1. The minimum atomic E-state index is -0.00130. The number of hydrogen-bond donors (Lipinski definition) is 0. The first-order valence-electron chi connectivity index (χ1n) is 22.7. The maximum absolute atomic E-state index is 6.75. The first-order valence-corrected chi connectivity index (χ1v) is 23.5. The molecule has 3 aromatic heterocycles. The molecule has 1 atom stereocenters. The SMILES string of the molecule is CC1CC=C(c2ccccc2)N=C(c2cccc3c2oc2ccccc23)N=C1c1c(-n2c3cc4ccccc4cc3c3cc4ccccc4cc32)ccc2sc3cc4ccccc4cc3c12. The summed E-state index contributed by atoms with van der Waals surface area (Å²) < 4.78 is 11.8. The van der Waals surface area contributed by atoms with E-state index in [0.29, 0.717) is 5.84 Å². The highest BCUT2D eigenvalue weighted by Crippen LogP contribution is 2.45. The van der Waals surface area contributed by atoms with Crippen molar-refractivity contribution in [3.63, 3.8) is 0 Å². The van der Waals surface area contributed by atoms with Gasteiger partial charge < -0.3 is 8.98 Å². The van der Waals surface area contributed by atoms with Gasteiger partial charge in [-0.05, 0) is 105 Å². The number of rotatable bonds is 4. The molecule has 1 unspecified atom stereocenters. The lowest BCUT2D eigenvalue weighted by Gasteiger charge is -2.23. The Morgan fingerprint density at radius 2 is 1.11 bits per heavy atom. The fourth-order valence-corrected chi connectivity index (χ4v) is 11.7. The van der Waals surface area contributed by atoms with E-state index in [1.807, 2.05) is 23.5 Å². The van der Waals surface area contributed by atoms with Gasteiger partial charge in [-0.3, -0.25) is 0 Å². The fourth-order valence-electron chi connectivity index (χ4n) is 10.6. The first kappa shape index (κ1) is 37.3. The number of aromatic nitrogens is 1. The second-order valence-corrected chi connectivity index (χ2v) is 18.8. The summed E-state index contributed by atoms with van der Waals surface area (Å²) >= 11 is 1.86. The minimum absolute atomic E-state index is 0.00130. The molecule has 0 spiro atoms. The first-order chi connectivity index (χ1) is 32.6. The predicted octanol–water partition coefficient (Wildman–Crippen LogP) is 16.8. The number of allylic oxidation sites excluding steroid dienone is 1. The van der Waals surface area contributed by atoms with Gasteiger partial charge in [-0.2, -0.15) is 0 Å². The number of hydrogen-bond acceptors (Lipinski definition) is 4. The van der Waals surface area contributed by atoms with E-state index in [0.717, 1.165) is 73.2 Å². The Kier molecular flexibility index (Phi) is 8.16. The van der Waals surface area contributed by atoms with Gasteiger partial charge in [0.1, 0.15) is 11.2 Å². The lowest BCUT2D eigenvalue weighted by molar-refractivity contribution is 0.668. The van der Waals surface area contributed by atoms with E-state index in [4.69, 9.17) is 14.4 Å². The van der Waals surface area contributed by atoms with E-state index in [1.165, 1.54) is 63.3 Å². The molecule has 66 heavy (non-hydrogen) atoms. The smallest absolute Gasteiger partial charge is 0.163 e. The van der Waals surface area contributed by atoms with E-state index >= 15 is 0 Å². The van der Waals surface area contributed by atoms with Gasteiger partial charge in [-0.15, -0.1) is 11.3 Å². The molecule has 5 heteroatoms. The molecule has 0 amide bonds.